The fraction of sp³-hybridized carbons (Fsp3) is 0.0667. The van der Waals surface area contributed by atoms with E-state index in [1.165, 1.54) is 11.3 Å². The monoisotopic (exact) mass is 316 g/mol. The van der Waals surface area contributed by atoms with Gasteiger partial charge in [0, 0.05) is 17.2 Å². The van der Waals surface area contributed by atoms with Crippen LogP contribution in [0.4, 0.5) is 0 Å². The molecule has 6 heteroatoms. The SMILES string of the molecule is O=C1/C(=C/c2c(Cl)nc3sccn23)COc2ccccc21. The summed E-state index contributed by atoms with van der Waals surface area (Å²) in [6.45, 7) is 0.240. The number of para-hydroxylation sites is 1. The quantitative estimate of drug-likeness (QED) is 0.643. The number of nitrogens with zero attached hydrogens (tertiary/aromatic N) is 2. The number of fused-ring (bicyclic) bond motifs is 2. The summed E-state index contributed by atoms with van der Waals surface area (Å²) < 4.78 is 7.50. The van der Waals surface area contributed by atoms with E-state index in [0.29, 0.717) is 27.7 Å². The highest BCUT2D eigenvalue weighted by atomic mass is 35.5. The smallest absolute Gasteiger partial charge is 0.196 e. The maximum Gasteiger partial charge on any atom is 0.196 e. The average Bonchev–Trinajstić information content (AvgIpc) is 3.05. The van der Waals surface area contributed by atoms with Gasteiger partial charge >= 0.3 is 0 Å². The number of halogens is 1. The Morgan fingerprint density at radius 2 is 2.24 bits per heavy atom. The summed E-state index contributed by atoms with van der Waals surface area (Å²) in [6.07, 6.45) is 3.64. The van der Waals surface area contributed by atoms with Gasteiger partial charge in [-0.1, -0.05) is 23.7 Å². The molecular formula is C15H9ClN2O2S. The highest BCUT2D eigenvalue weighted by molar-refractivity contribution is 7.15. The van der Waals surface area contributed by atoms with Crippen molar-refractivity contribution in [3.63, 3.8) is 0 Å². The predicted molar refractivity (Wildman–Crippen MR) is 82.3 cm³/mol. The van der Waals surface area contributed by atoms with Crippen LogP contribution in [0.5, 0.6) is 5.75 Å². The zero-order chi connectivity index (χ0) is 14.4. The van der Waals surface area contributed by atoms with Gasteiger partial charge in [0.15, 0.2) is 15.9 Å². The van der Waals surface area contributed by atoms with Gasteiger partial charge in [-0.2, -0.15) is 0 Å². The van der Waals surface area contributed by atoms with Crippen LogP contribution in [0.15, 0.2) is 41.4 Å². The lowest BCUT2D eigenvalue weighted by molar-refractivity contribution is 0.100. The molecule has 0 amide bonds. The Kier molecular flexibility index (Phi) is 2.83. The van der Waals surface area contributed by atoms with Gasteiger partial charge < -0.3 is 4.74 Å². The molecule has 0 N–H and O–H groups in total. The standard InChI is InChI=1S/C15H9ClN2O2S/c16-14-11(18-5-6-21-15(18)17-14)7-9-8-20-12-4-2-1-3-10(12)13(9)19/h1-7H,8H2/b9-7+. The van der Waals surface area contributed by atoms with Crippen molar-refractivity contribution in [2.75, 3.05) is 6.61 Å². The van der Waals surface area contributed by atoms with Gasteiger partial charge in [0.2, 0.25) is 0 Å². The van der Waals surface area contributed by atoms with Gasteiger partial charge in [0.1, 0.15) is 12.4 Å². The van der Waals surface area contributed by atoms with Crippen LogP contribution >= 0.6 is 22.9 Å². The van der Waals surface area contributed by atoms with Crippen LogP contribution in [-0.2, 0) is 0 Å². The predicted octanol–water partition coefficient (Wildman–Crippen LogP) is 3.71. The number of imidazole rings is 1. The summed E-state index contributed by atoms with van der Waals surface area (Å²) in [7, 11) is 0. The summed E-state index contributed by atoms with van der Waals surface area (Å²) in [5, 5.41) is 2.32. The molecule has 0 aliphatic carbocycles. The third kappa shape index (κ3) is 1.97. The minimum Gasteiger partial charge on any atom is -0.488 e. The van der Waals surface area contributed by atoms with Crippen LogP contribution in [0.3, 0.4) is 0 Å². The number of hydrogen-bond acceptors (Lipinski definition) is 4. The van der Waals surface area contributed by atoms with Gasteiger partial charge in [-0.3, -0.25) is 9.20 Å². The van der Waals surface area contributed by atoms with Gasteiger partial charge in [-0.25, -0.2) is 4.98 Å². The zero-order valence-electron chi connectivity index (χ0n) is 10.7. The molecule has 0 fully saturated rings. The van der Waals surface area contributed by atoms with E-state index in [4.69, 9.17) is 16.3 Å². The Morgan fingerprint density at radius 3 is 3.14 bits per heavy atom. The van der Waals surface area contributed by atoms with Crippen molar-refractivity contribution in [1.29, 1.82) is 0 Å². The van der Waals surface area contributed by atoms with Crippen molar-refractivity contribution in [2.24, 2.45) is 0 Å². The molecule has 0 saturated heterocycles. The van der Waals surface area contributed by atoms with Gasteiger partial charge in [0.25, 0.3) is 0 Å². The number of ketones is 1. The second-order valence-electron chi connectivity index (χ2n) is 4.63. The van der Waals surface area contributed by atoms with E-state index in [0.717, 1.165) is 4.96 Å². The minimum atomic E-state index is -0.0295. The molecule has 3 aromatic rings. The summed E-state index contributed by atoms with van der Waals surface area (Å²) in [5.41, 5.74) is 1.86. The molecule has 0 saturated carbocycles. The lowest BCUT2D eigenvalue weighted by atomic mass is 10.00. The van der Waals surface area contributed by atoms with E-state index in [1.54, 1.807) is 18.2 Å². The van der Waals surface area contributed by atoms with Crippen molar-refractivity contribution in [3.05, 3.63) is 57.8 Å². The molecule has 2 aromatic heterocycles. The molecule has 3 heterocycles. The third-order valence-electron chi connectivity index (χ3n) is 3.37. The number of carbonyl (C=O) groups is 1. The first-order valence-electron chi connectivity index (χ1n) is 6.32. The lowest BCUT2D eigenvalue weighted by Crippen LogP contribution is -2.18. The maximum absolute atomic E-state index is 12.5. The van der Waals surface area contributed by atoms with E-state index in [9.17, 15) is 4.79 Å². The number of carbonyl (C=O) groups excluding carboxylic acids is 1. The van der Waals surface area contributed by atoms with Crippen molar-refractivity contribution < 1.29 is 9.53 Å². The number of rotatable bonds is 1. The molecule has 0 bridgehead atoms. The maximum atomic E-state index is 12.5. The Labute approximate surface area is 129 Å². The Balaban J connectivity index is 1.82. The summed E-state index contributed by atoms with van der Waals surface area (Å²) in [4.78, 5) is 17.6. The van der Waals surface area contributed by atoms with E-state index >= 15 is 0 Å². The van der Waals surface area contributed by atoms with E-state index in [-0.39, 0.29) is 12.4 Å². The first kappa shape index (κ1) is 12.6. The highest BCUT2D eigenvalue weighted by Gasteiger charge is 2.23. The Bertz CT molecular complexity index is 894. The molecule has 1 aliphatic rings. The summed E-state index contributed by atoms with van der Waals surface area (Å²) in [6, 6.07) is 7.24. The largest absolute Gasteiger partial charge is 0.488 e. The molecule has 0 unspecified atom stereocenters. The fourth-order valence-electron chi connectivity index (χ4n) is 2.35. The molecule has 0 atom stereocenters. The zero-order valence-corrected chi connectivity index (χ0v) is 12.3. The molecule has 1 aromatic carbocycles. The molecule has 1 aliphatic heterocycles. The van der Waals surface area contributed by atoms with Crippen molar-refractivity contribution in [1.82, 2.24) is 9.38 Å². The highest BCUT2D eigenvalue weighted by Crippen LogP contribution is 2.29. The summed E-state index contributed by atoms with van der Waals surface area (Å²) >= 11 is 7.65. The molecule has 0 spiro atoms. The van der Waals surface area contributed by atoms with Crippen molar-refractivity contribution in [2.45, 2.75) is 0 Å². The van der Waals surface area contributed by atoms with Gasteiger partial charge in [-0.15, -0.1) is 11.3 Å². The van der Waals surface area contributed by atoms with E-state index in [1.807, 2.05) is 28.1 Å². The molecular weight excluding hydrogens is 308 g/mol. The molecule has 104 valence electrons. The number of aromatic nitrogens is 2. The van der Waals surface area contributed by atoms with Crippen LogP contribution in [0, 0.1) is 0 Å². The topological polar surface area (TPSA) is 43.6 Å². The normalized spacial score (nSPS) is 16.2. The number of ether oxygens (including phenoxy) is 1. The minimum absolute atomic E-state index is 0.0295. The first-order chi connectivity index (χ1) is 10.2. The van der Waals surface area contributed by atoms with Gasteiger partial charge in [0.05, 0.1) is 11.3 Å². The fourth-order valence-corrected chi connectivity index (χ4v) is 3.35. The van der Waals surface area contributed by atoms with Crippen LogP contribution in [0.1, 0.15) is 16.1 Å². The van der Waals surface area contributed by atoms with E-state index < -0.39 is 0 Å². The molecule has 0 radical (unpaired) electrons. The lowest BCUT2D eigenvalue weighted by Gasteiger charge is -2.18. The third-order valence-corrected chi connectivity index (χ3v) is 4.41. The average molecular weight is 317 g/mol. The Morgan fingerprint density at radius 1 is 1.38 bits per heavy atom. The van der Waals surface area contributed by atoms with Gasteiger partial charge in [-0.05, 0) is 18.2 Å². The number of hydrogen-bond donors (Lipinski definition) is 0. The van der Waals surface area contributed by atoms with Crippen molar-refractivity contribution >= 4 is 39.8 Å². The second kappa shape index (κ2) is 4.72. The molecule has 4 rings (SSSR count). The van der Waals surface area contributed by atoms with Crippen molar-refractivity contribution in [3.8, 4) is 5.75 Å². The number of thiazole rings is 1. The molecule has 21 heavy (non-hydrogen) atoms. The van der Waals surface area contributed by atoms with Crippen LogP contribution in [0.25, 0.3) is 11.0 Å². The molecule has 4 nitrogen and oxygen atoms in total. The summed E-state index contributed by atoms with van der Waals surface area (Å²) in [5.74, 6) is 0.595. The van der Waals surface area contributed by atoms with Crippen LogP contribution in [-0.4, -0.2) is 21.8 Å². The second-order valence-corrected chi connectivity index (χ2v) is 5.86. The van der Waals surface area contributed by atoms with Crippen LogP contribution < -0.4 is 4.74 Å². The van der Waals surface area contributed by atoms with E-state index in [2.05, 4.69) is 4.98 Å². The number of benzene rings is 1. The number of Topliss-reactive ketones (excluding diaryl/α,β-unsaturated/α-hetero) is 1. The first-order valence-corrected chi connectivity index (χ1v) is 7.58. The van der Waals surface area contributed by atoms with Crippen LogP contribution in [0.2, 0.25) is 5.15 Å². The Hall–Kier alpha value is -2.11.